The summed E-state index contributed by atoms with van der Waals surface area (Å²) in [4.78, 5) is 7.99. The van der Waals surface area contributed by atoms with E-state index in [2.05, 4.69) is 25.5 Å². The first-order valence-corrected chi connectivity index (χ1v) is 5.70. The Morgan fingerprint density at radius 2 is 2.16 bits per heavy atom. The van der Waals surface area contributed by atoms with Gasteiger partial charge in [-0.1, -0.05) is 17.7 Å². The summed E-state index contributed by atoms with van der Waals surface area (Å²) in [5.41, 5.74) is 6.17. The number of fused-ring (bicyclic) bond motifs is 1. The van der Waals surface area contributed by atoms with E-state index in [9.17, 15) is 4.39 Å². The molecule has 0 aliphatic heterocycles. The van der Waals surface area contributed by atoms with E-state index in [4.69, 9.17) is 17.3 Å². The van der Waals surface area contributed by atoms with Crippen molar-refractivity contribution in [3.63, 3.8) is 0 Å². The fraction of sp³-hybridized carbons (Fsp3) is 0. The van der Waals surface area contributed by atoms with Gasteiger partial charge in [0.15, 0.2) is 5.65 Å². The van der Waals surface area contributed by atoms with Gasteiger partial charge in [-0.15, -0.1) is 0 Å². The van der Waals surface area contributed by atoms with Crippen molar-refractivity contribution < 1.29 is 4.39 Å². The first-order valence-electron chi connectivity index (χ1n) is 5.33. The molecule has 0 saturated heterocycles. The van der Waals surface area contributed by atoms with Crippen molar-refractivity contribution in [1.29, 1.82) is 0 Å². The number of hydrogen-bond donors (Lipinski definition) is 3. The van der Waals surface area contributed by atoms with Crippen LogP contribution in [0.25, 0.3) is 11.0 Å². The van der Waals surface area contributed by atoms with Gasteiger partial charge in [-0.25, -0.2) is 4.39 Å². The maximum Gasteiger partial charge on any atom is 0.224 e. The molecule has 0 fully saturated rings. The van der Waals surface area contributed by atoms with Crippen LogP contribution in [0.4, 0.5) is 21.8 Å². The zero-order valence-electron chi connectivity index (χ0n) is 9.48. The zero-order valence-corrected chi connectivity index (χ0v) is 10.2. The van der Waals surface area contributed by atoms with Gasteiger partial charge in [-0.2, -0.15) is 15.1 Å². The molecular weight excluding hydrogens is 271 g/mol. The molecule has 0 unspecified atom stereocenters. The fourth-order valence-corrected chi connectivity index (χ4v) is 1.89. The van der Waals surface area contributed by atoms with E-state index in [1.165, 1.54) is 18.3 Å². The van der Waals surface area contributed by atoms with Crippen LogP contribution in [0.5, 0.6) is 0 Å². The number of aromatic nitrogens is 4. The van der Waals surface area contributed by atoms with E-state index in [0.717, 1.165) is 0 Å². The lowest BCUT2D eigenvalue weighted by Gasteiger charge is -2.09. The molecule has 0 aliphatic carbocycles. The van der Waals surface area contributed by atoms with Crippen molar-refractivity contribution in [3.05, 3.63) is 35.2 Å². The molecule has 0 amide bonds. The molecular formula is C11H8ClFN6. The lowest BCUT2D eigenvalue weighted by Crippen LogP contribution is -2.02. The third-order valence-electron chi connectivity index (χ3n) is 2.53. The second kappa shape index (κ2) is 4.36. The lowest BCUT2D eigenvalue weighted by molar-refractivity contribution is 0.632. The molecule has 6 nitrogen and oxygen atoms in total. The van der Waals surface area contributed by atoms with Crippen LogP contribution in [0.2, 0.25) is 5.02 Å². The Bertz CT molecular complexity index is 736. The van der Waals surface area contributed by atoms with Gasteiger partial charge in [0.1, 0.15) is 11.6 Å². The molecule has 2 aromatic heterocycles. The number of nitrogens with two attached hydrogens (primary N) is 1. The molecule has 1 aromatic carbocycles. The highest BCUT2D eigenvalue weighted by molar-refractivity contribution is 6.33. The van der Waals surface area contributed by atoms with E-state index in [-0.39, 0.29) is 16.7 Å². The highest BCUT2D eigenvalue weighted by Crippen LogP contribution is 2.30. The van der Waals surface area contributed by atoms with E-state index in [0.29, 0.717) is 16.9 Å². The Kier molecular flexibility index (Phi) is 2.68. The average molecular weight is 279 g/mol. The second-order valence-electron chi connectivity index (χ2n) is 3.78. The Morgan fingerprint density at radius 3 is 2.95 bits per heavy atom. The summed E-state index contributed by atoms with van der Waals surface area (Å²) in [5.74, 6) is -0.101. The maximum atomic E-state index is 13.7. The standard InChI is InChI=1S/C11H8ClFN6/c12-6-2-1-3-7(13)8(6)16-9-5-4-15-19-10(5)18-11(14)17-9/h1-4H,(H4,14,15,16,17,18,19). The topological polar surface area (TPSA) is 92.5 Å². The van der Waals surface area contributed by atoms with Crippen LogP contribution in [-0.2, 0) is 0 Å². The molecule has 3 rings (SSSR count). The number of H-pyrrole nitrogens is 1. The number of hydrogen-bond acceptors (Lipinski definition) is 5. The minimum absolute atomic E-state index is 0.0479. The molecule has 0 radical (unpaired) electrons. The van der Waals surface area contributed by atoms with Crippen LogP contribution in [0, 0.1) is 5.82 Å². The molecule has 19 heavy (non-hydrogen) atoms. The third-order valence-corrected chi connectivity index (χ3v) is 2.85. The van der Waals surface area contributed by atoms with Gasteiger partial charge < -0.3 is 11.1 Å². The van der Waals surface area contributed by atoms with Crippen molar-refractivity contribution in [3.8, 4) is 0 Å². The van der Waals surface area contributed by atoms with E-state index < -0.39 is 5.82 Å². The number of nitrogens with one attached hydrogen (secondary N) is 2. The molecule has 3 aromatic rings. The van der Waals surface area contributed by atoms with E-state index in [1.54, 1.807) is 6.07 Å². The highest BCUT2D eigenvalue weighted by atomic mass is 35.5. The molecule has 0 aliphatic rings. The number of halogens is 2. The third kappa shape index (κ3) is 2.04. The molecule has 8 heteroatoms. The summed E-state index contributed by atoms with van der Waals surface area (Å²) in [7, 11) is 0. The van der Waals surface area contributed by atoms with Crippen LogP contribution >= 0.6 is 11.6 Å². The van der Waals surface area contributed by atoms with Gasteiger partial charge in [0.25, 0.3) is 0 Å². The Balaban J connectivity index is 2.13. The number of nitrogens with zero attached hydrogens (tertiary/aromatic N) is 3. The second-order valence-corrected chi connectivity index (χ2v) is 4.19. The predicted octanol–water partition coefficient (Wildman–Crippen LogP) is 2.47. The Hall–Kier alpha value is -2.41. The number of anilines is 3. The predicted molar refractivity (Wildman–Crippen MR) is 70.8 cm³/mol. The van der Waals surface area contributed by atoms with Crippen molar-refractivity contribution in [2.75, 3.05) is 11.1 Å². The normalized spacial score (nSPS) is 10.8. The number of para-hydroxylation sites is 1. The molecule has 0 atom stereocenters. The largest absolute Gasteiger partial charge is 0.368 e. The van der Waals surface area contributed by atoms with E-state index >= 15 is 0 Å². The van der Waals surface area contributed by atoms with Gasteiger partial charge in [0, 0.05) is 0 Å². The quantitative estimate of drug-likeness (QED) is 0.670. The fourth-order valence-electron chi connectivity index (χ4n) is 1.68. The van der Waals surface area contributed by atoms with Crippen molar-refractivity contribution in [1.82, 2.24) is 20.2 Å². The van der Waals surface area contributed by atoms with Crippen LogP contribution in [0.3, 0.4) is 0 Å². The number of rotatable bonds is 2. The molecule has 0 spiro atoms. The summed E-state index contributed by atoms with van der Waals surface area (Å²) in [6.45, 7) is 0. The van der Waals surface area contributed by atoms with Crippen LogP contribution in [0.15, 0.2) is 24.4 Å². The zero-order chi connectivity index (χ0) is 13.4. The monoisotopic (exact) mass is 278 g/mol. The summed E-state index contributed by atoms with van der Waals surface area (Å²) < 4.78 is 13.7. The minimum atomic E-state index is -0.485. The summed E-state index contributed by atoms with van der Waals surface area (Å²) >= 11 is 5.94. The maximum absolute atomic E-state index is 13.7. The Morgan fingerprint density at radius 1 is 1.32 bits per heavy atom. The summed E-state index contributed by atoms with van der Waals surface area (Å²) in [6.07, 6.45) is 1.52. The SMILES string of the molecule is Nc1nc(Nc2c(F)cccc2Cl)c2cn[nH]c2n1. The molecule has 2 heterocycles. The van der Waals surface area contributed by atoms with Crippen LogP contribution in [-0.4, -0.2) is 20.2 Å². The first kappa shape index (κ1) is 11.7. The molecule has 0 saturated carbocycles. The highest BCUT2D eigenvalue weighted by Gasteiger charge is 2.12. The molecule has 96 valence electrons. The lowest BCUT2D eigenvalue weighted by atomic mass is 10.3. The molecule has 0 bridgehead atoms. The van der Waals surface area contributed by atoms with Crippen molar-refractivity contribution in [2.45, 2.75) is 0 Å². The average Bonchev–Trinajstić information content (AvgIpc) is 2.81. The first-order chi connectivity index (χ1) is 9.15. The van der Waals surface area contributed by atoms with E-state index in [1.807, 2.05) is 0 Å². The van der Waals surface area contributed by atoms with Crippen LogP contribution < -0.4 is 11.1 Å². The van der Waals surface area contributed by atoms with Gasteiger partial charge in [0.2, 0.25) is 5.95 Å². The van der Waals surface area contributed by atoms with Gasteiger partial charge in [-0.3, -0.25) is 5.10 Å². The number of aromatic amines is 1. The number of benzene rings is 1. The van der Waals surface area contributed by atoms with Crippen LogP contribution in [0.1, 0.15) is 0 Å². The van der Waals surface area contributed by atoms with Gasteiger partial charge in [-0.05, 0) is 12.1 Å². The van der Waals surface area contributed by atoms with Gasteiger partial charge >= 0.3 is 0 Å². The summed E-state index contributed by atoms with van der Waals surface area (Å²) in [5, 5.41) is 10.2. The Labute approximate surface area is 111 Å². The van der Waals surface area contributed by atoms with Crippen molar-refractivity contribution in [2.24, 2.45) is 0 Å². The summed E-state index contributed by atoms with van der Waals surface area (Å²) in [6, 6.07) is 4.39. The number of nitrogen functional groups attached to an aromatic ring is 1. The van der Waals surface area contributed by atoms with Gasteiger partial charge in [0.05, 0.1) is 22.3 Å². The van der Waals surface area contributed by atoms with Crippen molar-refractivity contribution >= 4 is 40.1 Å². The smallest absolute Gasteiger partial charge is 0.224 e. The molecule has 4 N–H and O–H groups in total. The minimum Gasteiger partial charge on any atom is -0.368 e.